The smallest absolute Gasteiger partial charge is 0.268 e. The number of carbonyl (C=O) groups is 1. The Morgan fingerprint density at radius 1 is 0.897 bits per heavy atom. The van der Waals surface area contributed by atoms with Gasteiger partial charge in [-0.25, -0.2) is 13.1 Å². The van der Waals surface area contributed by atoms with Crippen LogP contribution in [-0.2, 0) is 21.0 Å². The van der Waals surface area contributed by atoms with Crippen LogP contribution in [0, 0.1) is 6.92 Å². The Morgan fingerprint density at radius 3 is 1.86 bits per heavy atom. The summed E-state index contributed by atoms with van der Waals surface area (Å²) >= 11 is 0. The van der Waals surface area contributed by atoms with Crippen molar-refractivity contribution in [2.75, 3.05) is 0 Å². The lowest BCUT2D eigenvalue weighted by molar-refractivity contribution is -0.137. The Morgan fingerprint density at radius 2 is 1.41 bits per heavy atom. The van der Waals surface area contributed by atoms with Crippen LogP contribution in [0.3, 0.4) is 0 Å². The molecule has 0 aliphatic carbocycles. The Balaban J connectivity index is 2.41. The molecular weight excluding hydrogens is 424 g/mol. The van der Waals surface area contributed by atoms with Gasteiger partial charge in [-0.3, -0.25) is 4.79 Å². The molecule has 0 spiro atoms. The van der Waals surface area contributed by atoms with E-state index in [9.17, 15) is 39.6 Å². The number of rotatable bonds is 4. The van der Waals surface area contributed by atoms with Crippen LogP contribution in [-0.4, -0.2) is 20.5 Å². The lowest BCUT2D eigenvalue weighted by atomic mass is 10.0. The van der Waals surface area contributed by atoms with Crippen LogP contribution in [0.4, 0.5) is 26.3 Å². The summed E-state index contributed by atoms with van der Waals surface area (Å²) in [5, 5.41) is 0. The number of aryl methyl sites for hydroxylation is 1. The molecule has 0 unspecified atom stereocenters. The lowest BCUT2D eigenvalue weighted by Gasteiger charge is -2.13. The Kier molecular flexibility index (Phi) is 6.12. The number of alkyl halides is 6. The zero-order chi connectivity index (χ0) is 22.0. The number of benzene rings is 2. The number of halogens is 6. The highest BCUT2D eigenvalue weighted by Gasteiger charge is 2.32. The summed E-state index contributed by atoms with van der Waals surface area (Å²) in [5.74, 6) is -1.64. The van der Waals surface area contributed by atoms with E-state index < -0.39 is 51.1 Å². The van der Waals surface area contributed by atoms with Crippen molar-refractivity contribution < 1.29 is 39.6 Å². The van der Waals surface area contributed by atoms with Crippen LogP contribution in [0.1, 0.15) is 16.7 Å². The second-order valence-electron chi connectivity index (χ2n) is 5.92. The Hall–Kier alpha value is -2.82. The van der Waals surface area contributed by atoms with Gasteiger partial charge in [-0.05, 0) is 36.8 Å². The van der Waals surface area contributed by atoms with E-state index in [1.165, 1.54) is 16.9 Å². The molecule has 0 heterocycles. The van der Waals surface area contributed by atoms with Gasteiger partial charge in [-0.15, -0.1) is 0 Å². The fourth-order valence-corrected chi connectivity index (χ4v) is 3.20. The SMILES string of the molecule is Cc1ccc(S(=O)(=O)NC(=O)/C(=C\C(F)(F)F)c2ccc(C(F)(F)F)cc2)cc1. The van der Waals surface area contributed by atoms with Gasteiger partial charge in [-0.2, -0.15) is 26.3 Å². The predicted molar refractivity (Wildman–Crippen MR) is 92.0 cm³/mol. The summed E-state index contributed by atoms with van der Waals surface area (Å²) in [6, 6.07) is 7.41. The fourth-order valence-electron chi connectivity index (χ4n) is 2.24. The van der Waals surface area contributed by atoms with E-state index in [1.54, 1.807) is 6.92 Å². The zero-order valence-electron chi connectivity index (χ0n) is 14.6. The average molecular weight is 437 g/mol. The molecule has 1 N–H and O–H groups in total. The minimum absolute atomic E-state index is 0.366. The van der Waals surface area contributed by atoms with Crippen molar-refractivity contribution >= 4 is 21.5 Å². The second kappa shape index (κ2) is 7.90. The van der Waals surface area contributed by atoms with Gasteiger partial charge in [0.15, 0.2) is 0 Å². The molecule has 0 radical (unpaired) electrons. The maximum Gasteiger partial charge on any atom is 0.416 e. The molecule has 0 aliphatic rings. The van der Waals surface area contributed by atoms with Crippen molar-refractivity contribution in [1.29, 1.82) is 0 Å². The monoisotopic (exact) mass is 437 g/mol. The van der Waals surface area contributed by atoms with E-state index in [-0.39, 0.29) is 4.90 Å². The summed E-state index contributed by atoms with van der Waals surface area (Å²) < 4.78 is 102. The van der Waals surface area contributed by atoms with Crippen LogP contribution in [0.5, 0.6) is 0 Å². The van der Waals surface area contributed by atoms with Crippen molar-refractivity contribution in [3.63, 3.8) is 0 Å². The molecule has 2 rings (SSSR count). The Labute approximate surface area is 161 Å². The van der Waals surface area contributed by atoms with Gasteiger partial charge in [-0.1, -0.05) is 29.8 Å². The number of sulfonamides is 1. The van der Waals surface area contributed by atoms with E-state index in [0.717, 1.165) is 12.1 Å². The molecule has 29 heavy (non-hydrogen) atoms. The minimum atomic E-state index is -5.02. The summed E-state index contributed by atoms with van der Waals surface area (Å²) in [6.07, 6.45) is -10.2. The molecule has 0 saturated heterocycles. The first-order chi connectivity index (χ1) is 13.2. The summed E-state index contributed by atoms with van der Waals surface area (Å²) in [7, 11) is -4.50. The molecule has 0 atom stereocenters. The van der Waals surface area contributed by atoms with Gasteiger partial charge in [0.05, 0.1) is 16.0 Å². The van der Waals surface area contributed by atoms with Crippen LogP contribution in [0.25, 0.3) is 5.57 Å². The van der Waals surface area contributed by atoms with E-state index in [1.807, 2.05) is 0 Å². The number of hydrogen-bond donors (Lipinski definition) is 1. The quantitative estimate of drug-likeness (QED) is 0.567. The van der Waals surface area contributed by atoms with E-state index in [2.05, 4.69) is 0 Å². The summed E-state index contributed by atoms with van der Waals surface area (Å²) in [6.45, 7) is 1.67. The largest absolute Gasteiger partial charge is 0.416 e. The first kappa shape index (κ1) is 22.5. The standard InChI is InChI=1S/C18H13F6NO3S/c1-11-2-8-14(9-3-11)29(27,28)25-16(26)15(10-17(19,20)21)12-4-6-13(7-5-12)18(22,23)24/h2-10H,1H3,(H,25,26)/b15-10-. The van der Waals surface area contributed by atoms with Gasteiger partial charge in [0.2, 0.25) is 0 Å². The molecule has 4 nitrogen and oxygen atoms in total. The number of amides is 1. The van der Waals surface area contributed by atoms with Crippen molar-refractivity contribution in [2.45, 2.75) is 24.2 Å². The topological polar surface area (TPSA) is 63.2 Å². The van der Waals surface area contributed by atoms with Gasteiger partial charge in [0, 0.05) is 6.08 Å². The summed E-state index contributed by atoms with van der Waals surface area (Å²) in [4.78, 5) is 11.9. The first-order valence-corrected chi connectivity index (χ1v) is 9.28. The van der Waals surface area contributed by atoms with E-state index in [0.29, 0.717) is 29.8 Å². The lowest BCUT2D eigenvalue weighted by Crippen LogP contribution is -2.32. The van der Waals surface area contributed by atoms with E-state index in [4.69, 9.17) is 0 Å². The van der Waals surface area contributed by atoms with E-state index >= 15 is 0 Å². The maximum atomic E-state index is 12.8. The van der Waals surface area contributed by atoms with Gasteiger partial charge >= 0.3 is 12.4 Å². The molecule has 0 fully saturated rings. The normalized spacial score (nSPS) is 13.3. The molecule has 2 aromatic carbocycles. The number of allylic oxidation sites excluding steroid dienone is 1. The van der Waals surface area contributed by atoms with Crippen molar-refractivity contribution in [3.05, 3.63) is 71.3 Å². The zero-order valence-corrected chi connectivity index (χ0v) is 15.4. The Bertz CT molecular complexity index is 1020. The summed E-state index contributed by atoms with van der Waals surface area (Å²) in [5.41, 5.74) is -2.12. The van der Waals surface area contributed by atoms with Crippen molar-refractivity contribution in [1.82, 2.24) is 4.72 Å². The molecule has 0 bridgehead atoms. The van der Waals surface area contributed by atoms with Gasteiger partial charge in [0.1, 0.15) is 0 Å². The first-order valence-electron chi connectivity index (χ1n) is 7.80. The molecule has 0 aromatic heterocycles. The maximum absolute atomic E-state index is 12.8. The minimum Gasteiger partial charge on any atom is -0.268 e. The van der Waals surface area contributed by atoms with Gasteiger partial charge in [0.25, 0.3) is 15.9 Å². The molecule has 0 saturated carbocycles. The molecule has 11 heteroatoms. The number of hydrogen-bond acceptors (Lipinski definition) is 3. The highest BCUT2D eigenvalue weighted by Crippen LogP contribution is 2.31. The predicted octanol–water partition coefficient (Wildman–Crippen LogP) is 4.46. The molecule has 156 valence electrons. The second-order valence-corrected chi connectivity index (χ2v) is 7.60. The molecular formula is C18H13F6NO3S. The number of nitrogens with one attached hydrogen (secondary N) is 1. The third-order valence-electron chi connectivity index (χ3n) is 3.63. The van der Waals surface area contributed by atoms with Crippen molar-refractivity contribution in [2.24, 2.45) is 0 Å². The van der Waals surface area contributed by atoms with Crippen LogP contribution in [0.2, 0.25) is 0 Å². The fraction of sp³-hybridized carbons (Fsp3) is 0.167. The highest BCUT2D eigenvalue weighted by molar-refractivity contribution is 7.90. The van der Waals surface area contributed by atoms with Crippen LogP contribution < -0.4 is 4.72 Å². The average Bonchev–Trinajstić information content (AvgIpc) is 2.58. The van der Waals surface area contributed by atoms with Gasteiger partial charge < -0.3 is 0 Å². The van der Waals surface area contributed by atoms with Crippen LogP contribution >= 0.6 is 0 Å². The molecule has 0 aliphatic heterocycles. The third kappa shape index (κ3) is 6.08. The molecule has 2 aromatic rings. The highest BCUT2D eigenvalue weighted by atomic mass is 32.2. The van der Waals surface area contributed by atoms with Crippen molar-refractivity contribution in [3.8, 4) is 0 Å². The van der Waals surface area contributed by atoms with Crippen LogP contribution in [0.15, 0.2) is 59.5 Å². The third-order valence-corrected chi connectivity index (χ3v) is 4.98. The number of carbonyl (C=O) groups excluding carboxylic acids is 1. The molecule has 1 amide bonds.